The Morgan fingerprint density at radius 3 is 2.47 bits per heavy atom. The molecule has 0 radical (unpaired) electrons. The van der Waals surface area contributed by atoms with Crippen molar-refractivity contribution in [3.05, 3.63) is 94.8 Å². The molecule has 0 fully saturated rings. The Labute approximate surface area is 182 Å². The van der Waals surface area contributed by atoms with E-state index in [9.17, 15) is 9.18 Å². The predicted molar refractivity (Wildman–Crippen MR) is 118 cm³/mol. The number of aryl methyl sites for hydroxylation is 1. The van der Waals surface area contributed by atoms with Gasteiger partial charge in [0.1, 0.15) is 5.82 Å². The monoisotopic (exact) mass is 437 g/mol. The number of rotatable bonds is 6. The molecule has 1 aromatic heterocycles. The highest BCUT2D eigenvalue weighted by Crippen LogP contribution is 2.30. The van der Waals surface area contributed by atoms with Gasteiger partial charge in [0.25, 0.3) is 0 Å². The lowest BCUT2D eigenvalue weighted by atomic mass is 10.1. The maximum atomic E-state index is 13.1. The summed E-state index contributed by atoms with van der Waals surface area (Å²) in [5.74, 6) is 0.317. The Kier molecular flexibility index (Phi) is 5.97. The van der Waals surface area contributed by atoms with Crippen molar-refractivity contribution in [1.82, 2.24) is 14.8 Å². The minimum atomic E-state index is -0.371. The highest BCUT2D eigenvalue weighted by atomic mass is 35.5. The van der Waals surface area contributed by atoms with Crippen LogP contribution in [-0.2, 0) is 0 Å². The number of Topliss-reactive ketones (excluding diaryl/α,β-unsaturated/α-hetero) is 1. The van der Waals surface area contributed by atoms with Crippen LogP contribution in [0.1, 0.15) is 15.9 Å². The zero-order valence-electron chi connectivity index (χ0n) is 16.0. The molecule has 0 saturated carbocycles. The number of benzene rings is 3. The third-order valence-electron chi connectivity index (χ3n) is 4.58. The van der Waals surface area contributed by atoms with Crippen LogP contribution < -0.4 is 0 Å². The first-order valence-electron chi connectivity index (χ1n) is 9.22. The van der Waals surface area contributed by atoms with E-state index in [-0.39, 0.29) is 17.4 Å². The molecule has 0 spiro atoms. The second-order valence-electron chi connectivity index (χ2n) is 6.66. The fraction of sp³-hybridized carbons (Fsp3) is 0.0870. The lowest BCUT2D eigenvalue weighted by molar-refractivity contribution is 0.102. The molecule has 0 N–H and O–H groups in total. The summed E-state index contributed by atoms with van der Waals surface area (Å²) in [6.45, 7) is 1.94. The predicted octanol–water partition coefficient (Wildman–Crippen LogP) is 6.01. The zero-order chi connectivity index (χ0) is 21.1. The summed E-state index contributed by atoms with van der Waals surface area (Å²) in [5, 5.41) is 9.93. The van der Waals surface area contributed by atoms with Gasteiger partial charge in [0.15, 0.2) is 16.8 Å². The molecule has 0 aliphatic carbocycles. The Morgan fingerprint density at radius 2 is 1.77 bits per heavy atom. The normalized spacial score (nSPS) is 10.9. The van der Waals surface area contributed by atoms with Gasteiger partial charge in [-0.1, -0.05) is 53.7 Å². The van der Waals surface area contributed by atoms with Crippen LogP contribution in [0.2, 0.25) is 5.02 Å². The van der Waals surface area contributed by atoms with Crippen molar-refractivity contribution in [3.63, 3.8) is 0 Å². The van der Waals surface area contributed by atoms with Crippen LogP contribution in [0.5, 0.6) is 0 Å². The molecular formula is C23H17ClFN3OS. The number of halogens is 2. The van der Waals surface area contributed by atoms with Crippen molar-refractivity contribution < 1.29 is 9.18 Å². The van der Waals surface area contributed by atoms with Crippen molar-refractivity contribution in [2.24, 2.45) is 0 Å². The lowest BCUT2D eigenvalue weighted by Gasteiger charge is -2.11. The Morgan fingerprint density at radius 1 is 1.03 bits per heavy atom. The number of hydrogen-bond donors (Lipinski definition) is 0. The van der Waals surface area contributed by atoms with E-state index in [1.54, 1.807) is 0 Å². The summed E-state index contributed by atoms with van der Waals surface area (Å²) < 4.78 is 15.0. The summed E-state index contributed by atoms with van der Waals surface area (Å²) in [4.78, 5) is 12.5. The fourth-order valence-corrected chi connectivity index (χ4v) is 3.97. The fourth-order valence-electron chi connectivity index (χ4n) is 2.94. The van der Waals surface area contributed by atoms with Gasteiger partial charge in [-0.25, -0.2) is 4.39 Å². The number of aromatic nitrogens is 3. The van der Waals surface area contributed by atoms with Crippen molar-refractivity contribution in [2.45, 2.75) is 12.1 Å². The molecule has 30 heavy (non-hydrogen) atoms. The smallest absolute Gasteiger partial charge is 0.196 e. The molecule has 0 aliphatic heterocycles. The van der Waals surface area contributed by atoms with Crippen LogP contribution in [0.15, 0.2) is 78.0 Å². The van der Waals surface area contributed by atoms with E-state index in [1.165, 1.54) is 36.0 Å². The average Bonchev–Trinajstić information content (AvgIpc) is 3.19. The first-order valence-corrected chi connectivity index (χ1v) is 10.6. The molecule has 0 atom stereocenters. The molecule has 150 valence electrons. The van der Waals surface area contributed by atoms with E-state index >= 15 is 0 Å². The molecule has 4 nitrogen and oxygen atoms in total. The van der Waals surface area contributed by atoms with Gasteiger partial charge in [-0.05, 0) is 55.0 Å². The lowest BCUT2D eigenvalue weighted by Crippen LogP contribution is -2.05. The second-order valence-corrected chi connectivity index (χ2v) is 8.01. The molecule has 7 heteroatoms. The van der Waals surface area contributed by atoms with E-state index in [0.29, 0.717) is 21.6 Å². The highest BCUT2D eigenvalue weighted by molar-refractivity contribution is 7.99. The summed E-state index contributed by atoms with van der Waals surface area (Å²) in [6, 6.07) is 21.0. The van der Waals surface area contributed by atoms with Crippen molar-refractivity contribution in [2.75, 3.05) is 5.75 Å². The molecule has 4 rings (SSSR count). The first kappa shape index (κ1) is 20.3. The number of carbonyl (C=O) groups excluding carboxylic acids is 1. The summed E-state index contributed by atoms with van der Waals surface area (Å²) >= 11 is 7.60. The topological polar surface area (TPSA) is 47.8 Å². The van der Waals surface area contributed by atoms with Gasteiger partial charge in [-0.3, -0.25) is 9.36 Å². The Hall–Kier alpha value is -2.96. The van der Waals surface area contributed by atoms with Gasteiger partial charge in [0.2, 0.25) is 0 Å². The zero-order valence-corrected chi connectivity index (χ0v) is 17.6. The molecular weight excluding hydrogens is 421 g/mol. The summed E-state index contributed by atoms with van der Waals surface area (Å²) in [7, 11) is 0. The number of hydrogen-bond acceptors (Lipinski definition) is 4. The van der Waals surface area contributed by atoms with Crippen molar-refractivity contribution in [1.29, 1.82) is 0 Å². The number of ketones is 1. The van der Waals surface area contributed by atoms with E-state index < -0.39 is 0 Å². The van der Waals surface area contributed by atoms with Crippen LogP contribution in [0.3, 0.4) is 0 Å². The summed E-state index contributed by atoms with van der Waals surface area (Å²) in [6.07, 6.45) is 0. The Balaban J connectivity index is 1.68. The minimum Gasteiger partial charge on any atom is -0.293 e. The highest BCUT2D eigenvalue weighted by Gasteiger charge is 2.18. The largest absolute Gasteiger partial charge is 0.293 e. The molecule has 0 unspecified atom stereocenters. The second kappa shape index (κ2) is 8.81. The van der Waals surface area contributed by atoms with Gasteiger partial charge >= 0.3 is 0 Å². The van der Waals surface area contributed by atoms with Crippen LogP contribution >= 0.6 is 23.4 Å². The van der Waals surface area contributed by atoms with E-state index in [4.69, 9.17) is 11.6 Å². The summed E-state index contributed by atoms with van der Waals surface area (Å²) in [5.41, 5.74) is 3.15. The number of para-hydroxylation sites is 1. The molecule has 4 aromatic rings. The standard InChI is InChI=1S/C23H17ClFN3OS/c1-15-7-8-17(13-20(15)24)22-26-27-23(28(22)19-5-3-2-4-6-19)30-14-21(29)16-9-11-18(25)12-10-16/h2-13H,14H2,1H3. The van der Waals surface area contributed by atoms with Crippen LogP contribution in [0.4, 0.5) is 4.39 Å². The van der Waals surface area contributed by atoms with Gasteiger partial charge in [0.05, 0.1) is 5.75 Å². The molecule has 1 heterocycles. The first-order chi connectivity index (χ1) is 14.5. The molecule has 0 amide bonds. The quantitative estimate of drug-likeness (QED) is 0.274. The maximum absolute atomic E-state index is 13.1. The average molecular weight is 438 g/mol. The van der Waals surface area contributed by atoms with Gasteiger partial charge in [-0.2, -0.15) is 0 Å². The SMILES string of the molecule is Cc1ccc(-c2nnc(SCC(=O)c3ccc(F)cc3)n2-c2ccccc2)cc1Cl. The van der Waals surface area contributed by atoms with Gasteiger partial charge in [-0.15, -0.1) is 10.2 Å². The number of thioether (sulfide) groups is 1. The minimum absolute atomic E-state index is 0.109. The molecule has 0 bridgehead atoms. The third kappa shape index (κ3) is 4.30. The molecule has 0 aliphatic rings. The van der Waals surface area contributed by atoms with E-state index in [1.807, 2.05) is 60.0 Å². The Bertz CT molecular complexity index is 1190. The molecule has 3 aromatic carbocycles. The van der Waals surface area contributed by atoms with Crippen molar-refractivity contribution >= 4 is 29.1 Å². The van der Waals surface area contributed by atoms with Gasteiger partial charge in [0, 0.05) is 21.8 Å². The van der Waals surface area contributed by atoms with Crippen LogP contribution in [-0.4, -0.2) is 26.3 Å². The number of carbonyl (C=O) groups is 1. The maximum Gasteiger partial charge on any atom is 0.196 e. The third-order valence-corrected chi connectivity index (χ3v) is 5.91. The van der Waals surface area contributed by atoms with E-state index in [2.05, 4.69) is 10.2 Å². The van der Waals surface area contributed by atoms with Crippen molar-refractivity contribution in [3.8, 4) is 17.1 Å². The number of nitrogens with zero attached hydrogens (tertiary/aromatic N) is 3. The van der Waals surface area contributed by atoms with E-state index in [0.717, 1.165) is 16.8 Å². The van der Waals surface area contributed by atoms with Crippen LogP contribution in [0, 0.1) is 12.7 Å². The van der Waals surface area contributed by atoms with Crippen LogP contribution in [0.25, 0.3) is 17.1 Å². The van der Waals surface area contributed by atoms with Gasteiger partial charge < -0.3 is 0 Å². The molecule has 0 saturated heterocycles.